The largest absolute Gasteiger partial charge is 0.351 e. The first-order chi connectivity index (χ1) is 15.2. The summed E-state index contributed by atoms with van der Waals surface area (Å²) in [6, 6.07) is 9.89. The van der Waals surface area contributed by atoms with E-state index in [-0.39, 0.29) is 12.4 Å². The summed E-state index contributed by atoms with van der Waals surface area (Å²) in [4.78, 5) is 18.0. The second kappa shape index (κ2) is 10.1. The first kappa shape index (κ1) is 22.2. The Hall–Kier alpha value is -3.01. The molecule has 1 aromatic carbocycles. The summed E-state index contributed by atoms with van der Waals surface area (Å²) in [5, 5.41) is 18.9. The lowest BCUT2D eigenvalue weighted by atomic mass is 10.1. The highest BCUT2D eigenvalue weighted by Crippen LogP contribution is 2.25. The second-order valence-electron chi connectivity index (χ2n) is 7.45. The summed E-state index contributed by atoms with van der Waals surface area (Å²) in [5.74, 6) is 1.12. The van der Waals surface area contributed by atoms with E-state index >= 15 is 0 Å². The van der Waals surface area contributed by atoms with Gasteiger partial charge in [0.05, 0.1) is 16.8 Å². The fraction of sp³-hybridized carbons (Fsp3) is 0.286. The van der Waals surface area contributed by atoms with Crippen LogP contribution in [0.15, 0.2) is 42.7 Å². The van der Waals surface area contributed by atoms with E-state index in [0.29, 0.717) is 40.8 Å². The molecule has 4 aromatic rings. The summed E-state index contributed by atoms with van der Waals surface area (Å²) < 4.78 is 0. The third kappa shape index (κ3) is 5.07. The third-order valence-corrected chi connectivity index (χ3v) is 5.47. The van der Waals surface area contributed by atoms with Crippen molar-refractivity contribution < 1.29 is 0 Å². The molecule has 9 nitrogen and oxygen atoms in total. The second-order valence-corrected chi connectivity index (χ2v) is 7.88. The molecule has 4 heterocycles. The zero-order valence-corrected chi connectivity index (χ0v) is 18.7. The number of hydrogen-bond donors (Lipinski definition) is 4. The Morgan fingerprint density at radius 1 is 1.06 bits per heavy atom. The monoisotopic (exact) mass is 471 g/mol. The lowest BCUT2D eigenvalue weighted by Gasteiger charge is -2.23. The number of H-pyrrole nitrogens is 1. The number of halogens is 2. The molecule has 1 fully saturated rings. The minimum absolute atomic E-state index is 0. The molecule has 0 spiro atoms. The van der Waals surface area contributed by atoms with Crippen LogP contribution < -0.4 is 16.0 Å². The Kier molecular flexibility index (Phi) is 6.99. The molecule has 0 amide bonds. The van der Waals surface area contributed by atoms with Gasteiger partial charge in [-0.25, -0.2) is 15.0 Å². The number of nitrogens with one attached hydrogen (secondary N) is 4. The molecule has 0 bridgehead atoms. The maximum Gasteiger partial charge on any atom is 0.224 e. The number of benzene rings is 1. The van der Waals surface area contributed by atoms with Gasteiger partial charge in [0.25, 0.3) is 0 Å². The zero-order chi connectivity index (χ0) is 21.0. The molecule has 3 aromatic heterocycles. The van der Waals surface area contributed by atoms with Gasteiger partial charge < -0.3 is 16.0 Å². The third-order valence-electron chi connectivity index (χ3n) is 5.24. The molecule has 11 heteroatoms. The van der Waals surface area contributed by atoms with Crippen LogP contribution in [0.3, 0.4) is 0 Å². The number of aromatic nitrogens is 6. The molecular weight excluding hydrogens is 449 g/mol. The molecule has 1 saturated heterocycles. The van der Waals surface area contributed by atoms with Gasteiger partial charge in [-0.3, -0.25) is 5.10 Å². The van der Waals surface area contributed by atoms with E-state index < -0.39 is 0 Å². The molecule has 32 heavy (non-hydrogen) atoms. The van der Waals surface area contributed by atoms with Gasteiger partial charge in [0.1, 0.15) is 0 Å². The van der Waals surface area contributed by atoms with Crippen LogP contribution in [-0.4, -0.2) is 49.3 Å². The van der Waals surface area contributed by atoms with Gasteiger partial charge in [-0.05, 0) is 49.7 Å². The van der Waals surface area contributed by atoms with Crippen molar-refractivity contribution in [3.63, 3.8) is 0 Å². The molecule has 0 aliphatic carbocycles. The van der Waals surface area contributed by atoms with Crippen molar-refractivity contribution in [1.82, 2.24) is 35.5 Å². The molecule has 0 radical (unpaired) electrons. The molecule has 0 unspecified atom stereocenters. The topological polar surface area (TPSA) is 116 Å². The fourth-order valence-corrected chi connectivity index (χ4v) is 3.84. The Bertz CT molecular complexity index is 1190. The van der Waals surface area contributed by atoms with Crippen LogP contribution in [-0.2, 0) is 6.54 Å². The average molecular weight is 472 g/mol. The first-order valence-corrected chi connectivity index (χ1v) is 10.6. The number of aromatic amines is 1. The van der Waals surface area contributed by atoms with E-state index in [1.54, 1.807) is 12.4 Å². The molecule has 5 rings (SSSR count). The van der Waals surface area contributed by atoms with Gasteiger partial charge in [0.15, 0.2) is 5.65 Å². The number of rotatable bonds is 6. The summed E-state index contributed by atoms with van der Waals surface area (Å²) in [5.41, 5.74) is 3.13. The van der Waals surface area contributed by atoms with Crippen LogP contribution in [0.2, 0.25) is 5.02 Å². The average Bonchev–Trinajstić information content (AvgIpc) is 3.22. The fourth-order valence-electron chi connectivity index (χ4n) is 3.63. The van der Waals surface area contributed by atoms with Crippen molar-refractivity contribution >= 4 is 46.9 Å². The minimum atomic E-state index is 0. The number of fused-ring (bicyclic) bond motifs is 1. The van der Waals surface area contributed by atoms with Crippen LogP contribution in [0.5, 0.6) is 0 Å². The Morgan fingerprint density at radius 2 is 1.94 bits per heavy atom. The number of anilines is 2. The molecule has 0 saturated carbocycles. The maximum atomic E-state index is 6.05. The molecule has 1 aliphatic heterocycles. The lowest BCUT2D eigenvalue weighted by molar-refractivity contribution is 0.477. The zero-order valence-electron chi connectivity index (χ0n) is 17.2. The summed E-state index contributed by atoms with van der Waals surface area (Å²) in [6.07, 6.45) is 5.60. The van der Waals surface area contributed by atoms with E-state index in [0.717, 1.165) is 42.6 Å². The van der Waals surface area contributed by atoms with Crippen molar-refractivity contribution in [2.45, 2.75) is 25.4 Å². The summed E-state index contributed by atoms with van der Waals surface area (Å²) in [7, 11) is 0. The maximum absolute atomic E-state index is 6.05. The van der Waals surface area contributed by atoms with Crippen LogP contribution in [0.1, 0.15) is 18.4 Å². The predicted molar refractivity (Wildman–Crippen MR) is 128 cm³/mol. The van der Waals surface area contributed by atoms with Crippen LogP contribution in [0, 0.1) is 0 Å². The smallest absolute Gasteiger partial charge is 0.224 e. The van der Waals surface area contributed by atoms with Crippen molar-refractivity contribution in [1.29, 1.82) is 0 Å². The van der Waals surface area contributed by atoms with E-state index in [1.807, 2.05) is 30.3 Å². The molecule has 4 N–H and O–H groups in total. The highest BCUT2D eigenvalue weighted by atomic mass is 35.5. The Labute approximate surface area is 196 Å². The quantitative estimate of drug-likeness (QED) is 0.336. The van der Waals surface area contributed by atoms with Gasteiger partial charge in [0, 0.05) is 30.0 Å². The van der Waals surface area contributed by atoms with E-state index in [1.165, 1.54) is 0 Å². The van der Waals surface area contributed by atoms with E-state index in [2.05, 4.69) is 46.1 Å². The molecular formula is C21H23Cl2N9. The molecule has 0 atom stereocenters. The highest BCUT2D eigenvalue weighted by molar-refractivity contribution is 6.30. The van der Waals surface area contributed by atoms with Crippen LogP contribution >= 0.6 is 24.0 Å². The summed E-state index contributed by atoms with van der Waals surface area (Å²) in [6.45, 7) is 2.59. The van der Waals surface area contributed by atoms with Gasteiger partial charge >= 0.3 is 0 Å². The minimum Gasteiger partial charge on any atom is -0.351 e. The predicted octanol–water partition coefficient (Wildman–Crippen LogP) is 3.66. The molecule has 166 valence electrons. The van der Waals surface area contributed by atoms with Gasteiger partial charge in [-0.1, -0.05) is 23.7 Å². The van der Waals surface area contributed by atoms with Crippen molar-refractivity contribution in [2.24, 2.45) is 0 Å². The van der Waals surface area contributed by atoms with E-state index in [9.17, 15) is 0 Å². The molecule has 1 aliphatic rings. The SMILES string of the molecule is Cl.Clc1cccc(CNc2nccc(-c3[nH]nc4nc(NC5CCNCC5)ncc34)n2)c1. The Balaban J connectivity index is 0.00000245. The number of hydrogen-bond acceptors (Lipinski definition) is 8. The first-order valence-electron chi connectivity index (χ1n) is 10.2. The summed E-state index contributed by atoms with van der Waals surface area (Å²) >= 11 is 6.05. The van der Waals surface area contributed by atoms with Crippen molar-refractivity contribution in [2.75, 3.05) is 23.7 Å². The number of nitrogens with zero attached hydrogens (tertiary/aromatic N) is 5. The van der Waals surface area contributed by atoms with Crippen molar-refractivity contribution in [3.8, 4) is 11.4 Å². The Morgan fingerprint density at radius 3 is 2.78 bits per heavy atom. The van der Waals surface area contributed by atoms with Gasteiger partial charge in [0.2, 0.25) is 11.9 Å². The highest BCUT2D eigenvalue weighted by Gasteiger charge is 2.16. The number of piperidine rings is 1. The standard InChI is InChI=1S/C21H22ClN9.ClH/c22-14-3-1-2-13(10-14)11-25-20-24-9-6-17(28-20)18-16-12-26-21(29-19(16)31-30-18)27-15-4-7-23-8-5-15;/h1-3,6,9-10,12,15,23H,4-5,7-8,11H2,(H,24,25,28)(H2,26,27,29,30,31);1H. The van der Waals surface area contributed by atoms with E-state index in [4.69, 9.17) is 11.6 Å². The van der Waals surface area contributed by atoms with Gasteiger partial charge in [-0.15, -0.1) is 12.4 Å². The van der Waals surface area contributed by atoms with Crippen LogP contribution in [0.25, 0.3) is 22.4 Å². The normalized spacial score (nSPS) is 14.2. The van der Waals surface area contributed by atoms with Crippen molar-refractivity contribution in [3.05, 3.63) is 53.3 Å². The van der Waals surface area contributed by atoms with Crippen LogP contribution in [0.4, 0.5) is 11.9 Å². The lowest BCUT2D eigenvalue weighted by Crippen LogP contribution is -2.35. The van der Waals surface area contributed by atoms with Gasteiger partial charge in [-0.2, -0.15) is 10.1 Å².